The van der Waals surface area contributed by atoms with E-state index in [4.69, 9.17) is 9.47 Å². The number of fused-ring (bicyclic) bond motifs is 1. The molecule has 2 aliphatic rings. The maximum Gasteiger partial charge on any atom is 0.323 e. The molecule has 0 aliphatic heterocycles. The number of rotatable bonds is 2. The van der Waals surface area contributed by atoms with Crippen molar-refractivity contribution in [2.45, 2.75) is 32.6 Å². The van der Waals surface area contributed by atoms with Gasteiger partial charge in [0.2, 0.25) is 0 Å². The summed E-state index contributed by atoms with van der Waals surface area (Å²) in [5.41, 5.74) is -0.350. The fraction of sp³-hybridized carbons (Fsp3) is 0.526. The average molecular weight is 330 g/mol. The number of ketones is 1. The second-order valence-electron chi connectivity index (χ2n) is 6.99. The summed E-state index contributed by atoms with van der Waals surface area (Å²) in [5.74, 6) is -1.28. The number of hydrogen-bond acceptors (Lipinski definition) is 5. The van der Waals surface area contributed by atoms with Crippen LogP contribution in [0.25, 0.3) is 0 Å². The van der Waals surface area contributed by atoms with Gasteiger partial charge >= 0.3 is 11.9 Å². The molecule has 2 atom stereocenters. The molecule has 0 saturated heterocycles. The Balaban J connectivity index is 2.06. The summed E-state index contributed by atoms with van der Waals surface area (Å²) >= 11 is 0. The van der Waals surface area contributed by atoms with Gasteiger partial charge in [-0.3, -0.25) is 14.4 Å². The number of carbonyl (C=O) groups excluding carboxylic acids is 3. The summed E-state index contributed by atoms with van der Waals surface area (Å²) in [4.78, 5) is 38.1. The third kappa shape index (κ3) is 2.10. The molecular weight excluding hydrogens is 308 g/mol. The lowest BCUT2D eigenvalue weighted by molar-refractivity contribution is -0.169. The summed E-state index contributed by atoms with van der Waals surface area (Å²) in [5, 5.41) is 0. The molecule has 0 bridgehead atoms. The van der Waals surface area contributed by atoms with Gasteiger partial charge in [-0.1, -0.05) is 31.2 Å². The van der Waals surface area contributed by atoms with Crippen LogP contribution >= 0.6 is 0 Å². The Morgan fingerprint density at radius 2 is 1.75 bits per heavy atom. The Morgan fingerprint density at radius 1 is 1.12 bits per heavy atom. The Bertz CT molecular complexity index is 691. The van der Waals surface area contributed by atoms with Crippen molar-refractivity contribution in [2.75, 3.05) is 14.2 Å². The average Bonchev–Trinajstić information content (AvgIpc) is 2.92. The predicted molar refractivity (Wildman–Crippen MR) is 86.4 cm³/mol. The van der Waals surface area contributed by atoms with Crippen LogP contribution in [0.15, 0.2) is 24.3 Å². The fourth-order valence-electron chi connectivity index (χ4n) is 4.63. The number of hydrogen-bond donors (Lipinski definition) is 0. The highest BCUT2D eigenvalue weighted by Gasteiger charge is 2.65. The van der Waals surface area contributed by atoms with E-state index in [1.165, 1.54) is 14.2 Å². The van der Waals surface area contributed by atoms with E-state index in [1.54, 1.807) is 0 Å². The van der Waals surface area contributed by atoms with Crippen molar-refractivity contribution in [2.24, 2.45) is 16.7 Å². The van der Waals surface area contributed by atoms with Crippen molar-refractivity contribution in [1.82, 2.24) is 0 Å². The van der Waals surface area contributed by atoms with E-state index < -0.39 is 22.8 Å². The van der Waals surface area contributed by atoms with Crippen LogP contribution in [0.5, 0.6) is 0 Å². The maximum atomic E-state index is 13.3. The van der Waals surface area contributed by atoms with Gasteiger partial charge in [0.1, 0.15) is 0 Å². The van der Waals surface area contributed by atoms with Gasteiger partial charge in [0.25, 0.3) is 0 Å². The van der Waals surface area contributed by atoms with Crippen molar-refractivity contribution in [1.29, 1.82) is 0 Å². The van der Waals surface area contributed by atoms with Gasteiger partial charge in [0.05, 0.1) is 14.2 Å². The first-order chi connectivity index (χ1) is 11.4. The highest BCUT2D eigenvalue weighted by molar-refractivity contribution is 6.07. The number of carbonyl (C=O) groups is 3. The van der Waals surface area contributed by atoms with Crippen LogP contribution < -0.4 is 0 Å². The van der Waals surface area contributed by atoms with E-state index in [0.717, 1.165) is 12.0 Å². The SMILES string of the molecule is COC(=O)C1(C(=O)OC)CC(C)C2(CCc3ccccc3C2=O)C1. The fourth-order valence-corrected chi connectivity index (χ4v) is 4.63. The monoisotopic (exact) mass is 330 g/mol. The molecule has 2 unspecified atom stereocenters. The molecule has 0 amide bonds. The molecule has 1 aromatic carbocycles. The smallest absolute Gasteiger partial charge is 0.323 e. The van der Waals surface area contributed by atoms with Gasteiger partial charge in [-0.25, -0.2) is 0 Å². The van der Waals surface area contributed by atoms with Gasteiger partial charge < -0.3 is 9.47 Å². The second kappa shape index (κ2) is 5.72. The van der Waals surface area contributed by atoms with E-state index in [2.05, 4.69) is 0 Å². The summed E-state index contributed by atoms with van der Waals surface area (Å²) in [6, 6.07) is 7.58. The predicted octanol–water partition coefficient (Wildman–Crippen LogP) is 2.56. The van der Waals surface area contributed by atoms with Crippen molar-refractivity contribution >= 4 is 17.7 Å². The van der Waals surface area contributed by atoms with Crippen LogP contribution in [-0.4, -0.2) is 31.9 Å². The molecule has 5 nitrogen and oxygen atoms in total. The zero-order chi connectivity index (χ0) is 17.5. The van der Waals surface area contributed by atoms with E-state index in [9.17, 15) is 14.4 Å². The highest BCUT2D eigenvalue weighted by atomic mass is 16.5. The van der Waals surface area contributed by atoms with Crippen LogP contribution in [0, 0.1) is 16.7 Å². The van der Waals surface area contributed by atoms with Crippen LogP contribution in [0.2, 0.25) is 0 Å². The molecule has 5 heteroatoms. The topological polar surface area (TPSA) is 69.7 Å². The first-order valence-corrected chi connectivity index (χ1v) is 8.21. The third-order valence-electron chi connectivity index (χ3n) is 5.92. The number of ether oxygens (including phenoxy) is 2. The van der Waals surface area contributed by atoms with Gasteiger partial charge in [-0.15, -0.1) is 0 Å². The quantitative estimate of drug-likeness (QED) is 0.616. The lowest BCUT2D eigenvalue weighted by Gasteiger charge is -2.37. The number of methoxy groups -OCH3 is 2. The summed E-state index contributed by atoms with van der Waals surface area (Å²) < 4.78 is 9.79. The Hall–Kier alpha value is -2.17. The molecule has 1 aromatic rings. The molecule has 1 fully saturated rings. The van der Waals surface area contributed by atoms with Gasteiger partial charge in [0.15, 0.2) is 11.2 Å². The van der Waals surface area contributed by atoms with E-state index in [-0.39, 0.29) is 24.5 Å². The Labute approximate surface area is 141 Å². The molecule has 0 N–H and O–H groups in total. The zero-order valence-corrected chi connectivity index (χ0v) is 14.3. The van der Waals surface area contributed by atoms with Gasteiger partial charge in [-0.05, 0) is 37.2 Å². The van der Waals surface area contributed by atoms with Gasteiger partial charge in [-0.2, -0.15) is 0 Å². The molecule has 1 saturated carbocycles. The third-order valence-corrected chi connectivity index (χ3v) is 5.92. The van der Waals surface area contributed by atoms with Crippen LogP contribution in [0.4, 0.5) is 0 Å². The second-order valence-corrected chi connectivity index (χ2v) is 6.99. The number of esters is 2. The lowest BCUT2D eigenvalue weighted by Crippen LogP contribution is -2.43. The Morgan fingerprint density at radius 3 is 2.38 bits per heavy atom. The number of aryl methyl sites for hydroxylation is 1. The Kier molecular flexibility index (Phi) is 3.98. The van der Waals surface area contributed by atoms with E-state index in [1.807, 2.05) is 31.2 Å². The zero-order valence-electron chi connectivity index (χ0n) is 14.3. The van der Waals surface area contributed by atoms with Crippen LogP contribution in [0.1, 0.15) is 42.1 Å². The van der Waals surface area contributed by atoms with Crippen molar-refractivity contribution < 1.29 is 23.9 Å². The largest absolute Gasteiger partial charge is 0.468 e. The molecule has 24 heavy (non-hydrogen) atoms. The molecule has 2 aliphatic carbocycles. The molecular formula is C19H22O5. The standard InChI is InChI=1S/C19H22O5/c1-12-10-19(16(21)23-2,17(22)24-3)11-18(12)9-8-13-6-4-5-7-14(13)15(18)20/h4-7,12H,8-11H2,1-3H3. The molecule has 1 spiro atoms. The first-order valence-electron chi connectivity index (χ1n) is 8.21. The summed E-state index contributed by atoms with van der Waals surface area (Å²) in [6.45, 7) is 1.94. The van der Waals surface area contributed by atoms with Crippen molar-refractivity contribution in [3.8, 4) is 0 Å². The van der Waals surface area contributed by atoms with E-state index in [0.29, 0.717) is 12.0 Å². The molecule has 0 aromatic heterocycles. The van der Waals surface area contributed by atoms with E-state index >= 15 is 0 Å². The van der Waals surface area contributed by atoms with Crippen LogP contribution in [-0.2, 0) is 25.5 Å². The first kappa shape index (κ1) is 16.7. The van der Waals surface area contributed by atoms with Crippen molar-refractivity contribution in [3.05, 3.63) is 35.4 Å². The maximum absolute atomic E-state index is 13.3. The molecule has 0 heterocycles. The number of Topliss-reactive ketones (excluding diaryl/α,β-unsaturated/α-hetero) is 1. The number of benzene rings is 1. The highest BCUT2D eigenvalue weighted by Crippen LogP contribution is 2.59. The molecule has 3 rings (SSSR count). The van der Waals surface area contributed by atoms with Crippen LogP contribution in [0.3, 0.4) is 0 Å². The minimum atomic E-state index is -1.38. The lowest BCUT2D eigenvalue weighted by atomic mass is 9.64. The normalized spacial score (nSPS) is 27.6. The summed E-state index contributed by atoms with van der Waals surface area (Å²) in [7, 11) is 2.53. The molecule has 0 radical (unpaired) electrons. The molecule has 128 valence electrons. The summed E-state index contributed by atoms with van der Waals surface area (Å²) in [6.07, 6.45) is 1.85. The minimum Gasteiger partial charge on any atom is -0.468 e. The van der Waals surface area contributed by atoms with Gasteiger partial charge in [0, 0.05) is 11.0 Å². The van der Waals surface area contributed by atoms with Crippen molar-refractivity contribution in [3.63, 3.8) is 0 Å². The minimum absolute atomic E-state index is 0.0338.